The van der Waals surface area contributed by atoms with Crippen LogP contribution in [0.3, 0.4) is 0 Å². The Kier molecular flexibility index (Phi) is 64.9. The first kappa shape index (κ1) is 101. The van der Waals surface area contributed by atoms with Crippen molar-refractivity contribution in [2.45, 2.75) is 471 Å². The summed E-state index contributed by atoms with van der Waals surface area (Å²) in [5.41, 5.74) is 0. The van der Waals surface area contributed by atoms with E-state index in [1.807, 2.05) is 6.08 Å². The SMILES string of the molecule is CC/C=C\C/C=C\C/C=C\C/C=C\C/C=C\CCCCCCCCCCCCCCCCCCCCCCCC(=O)NC(COC1OC(CO)C(OC2OC(CO)C(OC3OC(CO)C(O)C(O)C3O)C(O)C2O)C(O)C1O)C(O)/C=C/CCCCCCCCCCCCCCCCCCCCCCCCCCCC. The van der Waals surface area contributed by atoms with E-state index in [-0.39, 0.29) is 18.9 Å². The predicted octanol–water partition coefficient (Wildman–Crippen LogP) is 17.1. The second kappa shape index (κ2) is 70.4. The lowest BCUT2D eigenvalue weighted by atomic mass is 9.96. The lowest BCUT2D eigenvalue weighted by Crippen LogP contribution is -2.66. The maximum atomic E-state index is 13.5. The summed E-state index contributed by atoms with van der Waals surface area (Å²) >= 11 is 0. The first-order valence-corrected chi connectivity index (χ1v) is 45.2. The number of carbonyl (C=O) groups excluding carboxylic acids is 1. The number of unbranched alkanes of at least 4 members (excludes halogenated alkanes) is 47. The molecule has 0 aliphatic carbocycles. The van der Waals surface area contributed by atoms with Gasteiger partial charge in [0.25, 0.3) is 0 Å². The third kappa shape index (κ3) is 48.7. The van der Waals surface area contributed by atoms with Gasteiger partial charge in [-0.05, 0) is 64.2 Å². The van der Waals surface area contributed by atoms with Gasteiger partial charge in [-0.15, -0.1) is 0 Å². The second-order valence-corrected chi connectivity index (χ2v) is 32.0. The average Bonchev–Trinajstić information content (AvgIpc) is 0.784. The van der Waals surface area contributed by atoms with Crippen molar-refractivity contribution >= 4 is 5.91 Å². The normalized spacial score (nSPS) is 25.5. The molecule has 17 unspecified atom stereocenters. The molecule has 3 heterocycles. The molecule has 3 fully saturated rings. The molecule has 17 atom stereocenters. The molecular weight excluding hydrogens is 1390 g/mol. The molecule has 0 saturated carbocycles. The van der Waals surface area contributed by atoms with Crippen LogP contribution in [0.25, 0.3) is 0 Å². The molecule has 3 saturated heterocycles. The first-order chi connectivity index (χ1) is 53.8. The highest BCUT2D eigenvalue weighted by Crippen LogP contribution is 2.34. The number of rotatable bonds is 73. The lowest BCUT2D eigenvalue weighted by molar-refractivity contribution is -0.379. The fourth-order valence-electron chi connectivity index (χ4n) is 15.1. The van der Waals surface area contributed by atoms with Crippen LogP contribution in [0.5, 0.6) is 0 Å². The van der Waals surface area contributed by atoms with Crippen molar-refractivity contribution in [3.8, 4) is 0 Å². The number of aliphatic hydroxyl groups is 11. The van der Waals surface area contributed by atoms with Gasteiger partial charge >= 0.3 is 0 Å². The molecule has 19 nitrogen and oxygen atoms in total. The molecule has 1 amide bonds. The quantitative estimate of drug-likeness (QED) is 0.0199. The third-order valence-corrected chi connectivity index (χ3v) is 22.3. The molecule has 3 aliphatic rings. The van der Waals surface area contributed by atoms with E-state index in [4.69, 9.17) is 28.4 Å². The number of ether oxygens (including phenoxy) is 6. The molecule has 3 rings (SSSR count). The van der Waals surface area contributed by atoms with E-state index in [0.29, 0.717) is 6.42 Å². The van der Waals surface area contributed by atoms with Crippen LogP contribution in [0.4, 0.5) is 0 Å². The molecule has 0 bridgehead atoms. The zero-order valence-corrected chi connectivity index (χ0v) is 69.2. The van der Waals surface area contributed by atoms with Crippen molar-refractivity contribution in [1.82, 2.24) is 5.32 Å². The zero-order chi connectivity index (χ0) is 79.5. The highest BCUT2D eigenvalue weighted by Gasteiger charge is 2.54. The van der Waals surface area contributed by atoms with E-state index in [9.17, 15) is 61.0 Å². The largest absolute Gasteiger partial charge is 0.394 e. The Bertz CT molecular complexity index is 2270. The van der Waals surface area contributed by atoms with Gasteiger partial charge in [0, 0.05) is 6.42 Å². The van der Waals surface area contributed by atoms with Gasteiger partial charge in [-0.2, -0.15) is 0 Å². The molecule has 0 aromatic carbocycles. The molecule has 19 heteroatoms. The summed E-state index contributed by atoms with van der Waals surface area (Å²) < 4.78 is 34.5. The minimum atomic E-state index is -1.98. The summed E-state index contributed by atoms with van der Waals surface area (Å²) in [6.45, 7) is 1.68. The summed E-state index contributed by atoms with van der Waals surface area (Å²) in [7, 11) is 0. The fourth-order valence-corrected chi connectivity index (χ4v) is 15.1. The van der Waals surface area contributed by atoms with Crippen LogP contribution in [0.1, 0.15) is 367 Å². The van der Waals surface area contributed by atoms with Crippen molar-refractivity contribution in [1.29, 1.82) is 0 Å². The fraction of sp³-hybridized carbons (Fsp3) is 0.857. The van der Waals surface area contributed by atoms with Gasteiger partial charge in [-0.25, -0.2) is 0 Å². The minimum absolute atomic E-state index is 0.245. The Labute approximate surface area is 668 Å². The Balaban J connectivity index is 1.32. The number of hydrogen-bond donors (Lipinski definition) is 12. The molecule has 0 aromatic heterocycles. The number of allylic oxidation sites excluding steroid dienone is 11. The van der Waals surface area contributed by atoms with Crippen LogP contribution in [0.2, 0.25) is 0 Å². The van der Waals surface area contributed by atoms with Gasteiger partial charge in [0.1, 0.15) is 73.2 Å². The third-order valence-electron chi connectivity index (χ3n) is 22.3. The van der Waals surface area contributed by atoms with Crippen LogP contribution < -0.4 is 5.32 Å². The van der Waals surface area contributed by atoms with E-state index in [1.54, 1.807) is 6.08 Å². The van der Waals surface area contributed by atoms with Gasteiger partial charge in [0.15, 0.2) is 18.9 Å². The number of nitrogens with one attached hydrogen (secondary N) is 1. The van der Waals surface area contributed by atoms with Crippen molar-refractivity contribution < 1.29 is 89.4 Å². The Morgan fingerprint density at radius 2 is 0.627 bits per heavy atom. The number of carbonyl (C=O) groups is 1. The van der Waals surface area contributed by atoms with Crippen molar-refractivity contribution in [3.05, 3.63) is 72.9 Å². The monoisotopic (exact) mass is 1560 g/mol. The molecule has 12 N–H and O–H groups in total. The predicted molar refractivity (Wildman–Crippen MR) is 443 cm³/mol. The summed E-state index contributed by atoms with van der Waals surface area (Å²) in [6.07, 6.45) is 67.6. The van der Waals surface area contributed by atoms with Gasteiger partial charge in [-0.3, -0.25) is 4.79 Å². The van der Waals surface area contributed by atoms with Gasteiger partial charge in [0.05, 0.1) is 38.6 Å². The second-order valence-electron chi connectivity index (χ2n) is 32.0. The number of amides is 1. The van der Waals surface area contributed by atoms with Crippen LogP contribution in [-0.4, -0.2) is 193 Å². The maximum Gasteiger partial charge on any atom is 0.220 e. The van der Waals surface area contributed by atoms with Crippen molar-refractivity contribution in [3.63, 3.8) is 0 Å². The van der Waals surface area contributed by atoms with Crippen LogP contribution in [0, 0.1) is 0 Å². The number of aliphatic hydroxyl groups excluding tert-OH is 11. The smallest absolute Gasteiger partial charge is 0.220 e. The summed E-state index contributed by atoms with van der Waals surface area (Å²) in [5.74, 6) is -0.269. The van der Waals surface area contributed by atoms with Gasteiger partial charge in [-0.1, -0.05) is 369 Å². The van der Waals surface area contributed by atoms with Crippen LogP contribution in [-0.2, 0) is 33.2 Å². The van der Waals surface area contributed by atoms with E-state index in [2.05, 4.69) is 79.9 Å². The highest BCUT2D eigenvalue weighted by atomic mass is 16.8. The molecule has 0 aromatic rings. The molecular formula is C91H165NO18. The maximum absolute atomic E-state index is 13.5. The molecule has 110 heavy (non-hydrogen) atoms. The standard InChI is InChI=1S/C91H165NO18/c1-3-5-7-9-11-13-15-17-19-21-23-25-27-29-31-33-34-35-36-37-38-39-40-41-43-45-47-49-51-53-55-57-59-61-63-65-67-69-79(97)92-74(75(96)68-66-64-62-60-58-56-54-52-50-48-46-44-42-32-30-28-26-24-22-20-18-16-14-12-10-8-6-4-2)73-105-89-85(103)82(100)87(77(71-94)107-89)110-91-86(104)83(101)88(78(72-95)108-91)109-90-84(102)81(99)80(98)76(70-93)106-90/h5,7,11,13,17,19,23,25,29,31,66,68,74-78,80-91,93-96,98-104H,3-4,6,8-10,12,14-16,18,20-22,24,26-28,30,32-65,67,69-73H2,1-2H3,(H,92,97)/b7-5-,13-11-,19-17-,25-23-,31-29-,68-66+. The summed E-state index contributed by atoms with van der Waals surface area (Å²) in [5, 5.41) is 121. The van der Waals surface area contributed by atoms with E-state index >= 15 is 0 Å². The topological polar surface area (TPSA) is 307 Å². The van der Waals surface area contributed by atoms with Crippen LogP contribution >= 0.6 is 0 Å². The highest BCUT2D eigenvalue weighted by molar-refractivity contribution is 5.76. The van der Waals surface area contributed by atoms with Crippen LogP contribution in [0.15, 0.2) is 72.9 Å². The van der Waals surface area contributed by atoms with Crippen molar-refractivity contribution in [2.75, 3.05) is 26.4 Å². The van der Waals surface area contributed by atoms with E-state index in [1.165, 1.54) is 263 Å². The first-order valence-electron chi connectivity index (χ1n) is 45.2. The summed E-state index contributed by atoms with van der Waals surface area (Å²) in [4.78, 5) is 13.5. The molecule has 0 radical (unpaired) electrons. The summed E-state index contributed by atoms with van der Waals surface area (Å²) in [6, 6.07) is -0.976. The number of hydrogen-bond acceptors (Lipinski definition) is 18. The van der Waals surface area contributed by atoms with E-state index < -0.39 is 124 Å². The Morgan fingerprint density at radius 1 is 0.336 bits per heavy atom. The minimum Gasteiger partial charge on any atom is -0.394 e. The average molecular weight is 1560 g/mol. The van der Waals surface area contributed by atoms with Crippen molar-refractivity contribution in [2.24, 2.45) is 0 Å². The Hall–Kier alpha value is -2.77. The molecule has 0 spiro atoms. The zero-order valence-electron chi connectivity index (χ0n) is 69.2. The Morgan fingerprint density at radius 3 is 0.982 bits per heavy atom. The lowest BCUT2D eigenvalue weighted by Gasteiger charge is -2.48. The van der Waals surface area contributed by atoms with Gasteiger partial charge in [0.2, 0.25) is 5.91 Å². The van der Waals surface area contributed by atoms with Gasteiger partial charge < -0.3 is 89.9 Å². The molecule has 3 aliphatic heterocycles. The van der Waals surface area contributed by atoms with E-state index in [0.717, 1.165) is 77.0 Å². The molecule has 642 valence electrons.